The smallest absolute Gasteiger partial charge is 0.342 e. The van der Waals surface area contributed by atoms with E-state index in [4.69, 9.17) is 21.6 Å². The van der Waals surface area contributed by atoms with Gasteiger partial charge in [0.15, 0.2) is 11.5 Å². The van der Waals surface area contributed by atoms with E-state index in [1.54, 1.807) is 0 Å². The second-order valence-corrected chi connectivity index (χ2v) is 4.93. The monoisotopic (exact) mass is 358 g/mol. The zero-order valence-electron chi connectivity index (χ0n) is 13.5. The number of terminal acetylenes is 1. The van der Waals surface area contributed by atoms with Crippen LogP contribution in [0.4, 0.5) is 5.82 Å². The Balaban J connectivity index is 3.01. The van der Waals surface area contributed by atoms with Crippen molar-refractivity contribution >= 4 is 17.8 Å². The first-order valence-corrected chi connectivity index (χ1v) is 7.09. The number of nitrogens with two attached hydrogens (primary N) is 1. The highest BCUT2D eigenvalue weighted by molar-refractivity contribution is 6.08. The Kier molecular flexibility index (Phi) is 5.18. The number of H-pyrrole nitrogens is 1. The molecule has 0 aliphatic carbocycles. The van der Waals surface area contributed by atoms with Gasteiger partial charge in [-0.2, -0.15) is 0 Å². The molecular weight excluding hydrogens is 344 g/mol. The number of carbonyl (C=O) groups is 2. The van der Waals surface area contributed by atoms with Gasteiger partial charge >= 0.3 is 11.9 Å². The maximum absolute atomic E-state index is 12.1. The number of aromatic nitrogens is 1. The average molecular weight is 358 g/mol. The van der Waals surface area contributed by atoms with E-state index in [-0.39, 0.29) is 23.7 Å². The van der Waals surface area contributed by atoms with Crippen LogP contribution in [0.3, 0.4) is 0 Å². The van der Waals surface area contributed by atoms with E-state index in [0.717, 1.165) is 0 Å². The molecule has 134 valence electrons. The van der Waals surface area contributed by atoms with Gasteiger partial charge in [0.2, 0.25) is 0 Å². The van der Waals surface area contributed by atoms with E-state index in [9.17, 15) is 24.6 Å². The van der Waals surface area contributed by atoms with Crippen LogP contribution in [0.2, 0.25) is 0 Å². The van der Waals surface area contributed by atoms with E-state index < -0.39 is 40.0 Å². The number of rotatable bonds is 6. The summed E-state index contributed by atoms with van der Waals surface area (Å²) in [6.45, 7) is -0.198. The topological polar surface area (TPSA) is 152 Å². The molecule has 0 amide bonds. The Morgan fingerprint density at radius 1 is 1.27 bits per heavy atom. The summed E-state index contributed by atoms with van der Waals surface area (Å²) in [7, 11) is 1.34. The van der Waals surface area contributed by atoms with Gasteiger partial charge in [-0.05, 0) is 6.07 Å². The summed E-state index contributed by atoms with van der Waals surface area (Å²) in [5.74, 6) is -1.25. The molecule has 0 unspecified atom stereocenters. The van der Waals surface area contributed by atoms with Gasteiger partial charge in [0.1, 0.15) is 23.6 Å². The van der Waals surface area contributed by atoms with Crippen molar-refractivity contribution in [3.8, 4) is 35.0 Å². The maximum Gasteiger partial charge on any atom is 0.342 e. The number of carboxylic acid groups (broad SMARTS) is 2. The summed E-state index contributed by atoms with van der Waals surface area (Å²) in [6, 6.07) is 4.36. The summed E-state index contributed by atoms with van der Waals surface area (Å²) in [5.41, 5.74) is 2.77. The second-order valence-electron chi connectivity index (χ2n) is 4.93. The molecule has 9 nitrogen and oxygen atoms in total. The molecule has 0 fully saturated rings. The van der Waals surface area contributed by atoms with E-state index in [2.05, 4.69) is 5.92 Å². The molecule has 1 heterocycles. The third-order valence-electron chi connectivity index (χ3n) is 3.44. The van der Waals surface area contributed by atoms with Crippen molar-refractivity contribution in [3.05, 3.63) is 39.7 Å². The summed E-state index contributed by atoms with van der Waals surface area (Å²) in [4.78, 5) is 37.5. The third kappa shape index (κ3) is 3.16. The Morgan fingerprint density at radius 2 is 1.92 bits per heavy atom. The van der Waals surface area contributed by atoms with Gasteiger partial charge in [-0.15, -0.1) is 6.42 Å². The fourth-order valence-corrected chi connectivity index (χ4v) is 2.45. The van der Waals surface area contributed by atoms with Crippen LogP contribution in [0.1, 0.15) is 20.7 Å². The van der Waals surface area contributed by atoms with Gasteiger partial charge in [0.05, 0.1) is 7.11 Å². The minimum Gasteiger partial charge on any atom is -0.493 e. The second kappa shape index (κ2) is 7.31. The summed E-state index contributed by atoms with van der Waals surface area (Å²) >= 11 is 0. The van der Waals surface area contributed by atoms with Crippen LogP contribution in [0.25, 0.3) is 11.1 Å². The highest BCUT2D eigenvalue weighted by atomic mass is 16.5. The van der Waals surface area contributed by atoms with Gasteiger partial charge in [0.25, 0.3) is 5.56 Å². The first-order valence-electron chi connectivity index (χ1n) is 7.09. The van der Waals surface area contributed by atoms with Crippen LogP contribution in [-0.4, -0.2) is 40.9 Å². The number of ether oxygens (including phenoxy) is 2. The average Bonchev–Trinajstić information content (AvgIpc) is 2.57. The standard InChI is InChI=1S/C17H14N2O7/c1-3-7-26-13-8(5-4-6-9(13)25-2)10-11(16(21)22)14(18)19-15(20)12(10)17(23)24/h1,4-6H,7H2,2H3,(H,21,22)(H,23,24)(H3,18,19,20). The lowest BCUT2D eigenvalue weighted by atomic mass is 9.94. The lowest BCUT2D eigenvalue weighted by molar-refractivity contribution is 0.0695. The quantitative estimate of drug-likeness (QED) is 0.559. The predicted molar refractivity (Wildman–Crippen MR) is 91.7 cm³/mol. The summed E-state index contributed by atoms with van der Waals surface area (Å²) in [6.07, 6.45) is 5.18. The number of anilines is 1. The molecule has 0 aliphatic rings. The van der Waals surface area contributed by atoms with Crippen LogP contribution in [0.5, 0.6) is 11.5 Å². The molecule has 26 heavy (non-hydrogen) atoms. The van der Waals surface area contributed by atoms with Crippen molar-refractivity contribution in [2.75, 3.05) is 19.5 Å². The summed E-state index contributed by atoms with van der Waals surface area (Å²) < 4.78 is 10.6. The molecule has 0 spiro atoms. The number of pyridine rings is 1. The number of aromatic carboxylic acids is 2. The minimum absolute atomic E-state index is 0.00722. The first kappa shape index (κ1) is 18.4. The normalized spacial score (nSPS) is 10.0. The van der Waals surface area contributed by atoms with Crippen molar-refractivity contribution in [3.63, 3.8) is 0 Å². The molecule has 0 saturated carbocycles. The van der Waals surface area contributed by atoms with Gasteiger partial charge < -0.3 is 30.4 Å². The lowest BCUT2D eigenvalue weighted by Gasteiger charge is -2.17. The molecule has 1 aromatic carbocycles. The molecule has 2 rings (SSSR count). The van der Waals surface area contributed by atoms with Gasteiger partial charge in [-0.1, -0.05) is 18.1 Å². The van der Waals surface area contributed by atoms with Gasteiger partial charge in [-0.3, -0.25) is 4.79 Å². The van der Waals surface area contributed by atoms with Crippen molar-refractivity contribution in [1.29, 1.82) is 0 Å². The van der Waals surface area contributed by atoms with E-state index in [0.29, 0.717) is 0 Å². The fourth-order valence-electron chi connectivity index (χ4n) is 2.45. The molecule has 0 atom stereocenters. The molecule has 0 bridgehead atoms. The largest absolute Gasteiger partial charge is 0.493 e. The SMILES string of the molecule is C#CCOc1c(OC)cccc1-c1c(C(=O)O)c(N)[nH]c(=O)c1C(=O)O. The van der Waals surface area contributed by atoms with Crippen LogP contribution >= 0.6 is 0 Å². The molecule has 0 aliphatic heterocycles. The highest BCUT2D eigenvalue weighted by Crippen LogP contribution is 2.41. The molecule has 0 saturated heterocycles. The van der Waals surface area contributed by atoms with Crippen molar-refractivity contribution < 1.29 is 29.3 Å². The van der Waals surface area contributed by atoms with Crippen molar-refractivity contribution in [2.24, 2.45) is 0 Å². The van der Waals surface area contributed by atoms with Crippen LogP contribution in [-0.2, 0) is 0 Å². The van der Waals surface area contributed by atoms with Crippen LogP contribution < -0.4 is 20.8 Å². The predicted octanol–water partition coefficient (Wildman–Crippen LogP) is 1.04. The van der Waals surface area contributed by atoms with Crippen LogP contribution in [0, 0.1) is 12.3 Å². The van der Waals surface area contributed by atoms with Crippen LogP contribution in [0.15, 0.2) is 23.0 Å². The molecular formula is C17H14N2O7. The van der Waals surface area contributed by atoms with E-state index in [1.807, 2.05) is 4.98 Å². The molecule has 9 heteroatoms. The Hall–Kier alpha value is -3.93. The molecule has 2 aromatic rings. The lowest BCUT2D eigenvalue weighted by Crippen LogP contribution is -2.24. The number of nitrogen functional groups attached to an aromatic ring is 1. The Labute approximate surface area is 147 Å². The number of para-hydroxylation sites is 1. The van der Waals surface area contributed by atoms with E-state index >= 15 is 0 Å². The Morgan fingerprint density at radius 3 is 2.46 bits per heavy atom. The molecule has 0 radical (unpaired) electrons. The van der Waals surface area contributed by atoms with Crippen molar-refractivity contribution in [2.45, 2.75) is 0 Å². The number of methoxy groups -OCH3 is 1. The molecule has 1 aromatic heterocycles. The van der Waals surface area contributed by atoms with E-state index in [1.165, 1.54) is 25.3 Å². The van der Waals surface area contributed by atoms with Crippen molar-refractivity contribution in [1.82, 2.24) is 4.98 Å². The number of aromatic amines is 1. The zero-order chi connectivity index (χ0) is 19.4. The van der Waals surface area contributed by atoms with Gasteiger partial charge in [-0.25, -0.2) is 9.59 Å². The number of nitrogens with one attached hydrogen (secondary N) is 1. The number of benzene rings is 1. The fraction of sp³-hybridized carbons (Fsp3) is 0.118. The molecule has 5 N–H and O–H groups in total. The zero-order valence-corrected chi connectivity index (χ0v) is 13.5. The minimum atomic E-state index is -1.63. The number of hydrogen-bond acceptors (Lipinski definition) is 6. The maximum atomic E-state index is 12.1. The number of carboxylic acids is 2. The first-order chi connectivity index (χ1) is 12.3. The number of hydrogen-bond donors (Lipinski definition) is 4. The third-order valence-corrected chi connectivity index (χ3v) is 3.44. The summed E-state index contributed by atoms with van der Waals surface area (Å²) in [5, 5.41) is 18.9. The Bertz CT molecular complexity index is 986. The van der Waals surface area contributed by atoms with Gasteiger partial charge in [0, 0.05) is 11.1 Å². The highest BCUT2D eigenvalue weighted by Gasteiger charge is 2.29.